The van der Waals surface area contributed by atoms with E-state index in [-0.39, 0.29) is 16.5 Å². The van der Waals surface area contributed by atoms with Crippen molar-refractivity contribution >= 4 is 27.6 Å². The van der Waals surface area contributed by atoms with Crippen molar-refractivity contribution in [1.82, 2.24) is 4.31 Å². The lowest BCUT2D eigenvalue weighted by atomic mass is 10.1. The minimum atomic E-state index is -3.73. The molecule has 0 atom stereocenters. The molecule has 2 aromatic rings. The minimum Gasteiger partial charge on any atom is -0.452 e. The lowest BCUT2D eigenvalue weighted by Crippen LogP contribution is -2.33. The van der Waals surface area contributed by atoms with Crippen LogP contribution in [0.4, 0.5) is 5.69 Å². The zero-order valence-electron chi connectivity index (χ0n) is 17.0. The van der Waals surface area contributed by atoms with E-state index < -0.39 is 28.5 Å². The highest BCUT2D eigenvalue weighted by molar-refractivity contribution is 7.89. The van der Waals surface area contributed by atoms with E-state index in [1.807, 2.05) is 19.1 Å². The summed E-state index contributed by atoms with van der Waals surface area (Å²) in [4.78, 5) is 24.2. The van der Waals surface area contributed by atoms with Crippen molar-refractivity contribution in [3.8, 4) is 0 Å². The number of ether oxygens (including phenoxy) is 1. The molecule has 2 aromatic carbocycles. The van der Waals surface area contributed by atoms with E-state index in [2.05, 4.69) is 5.32 Å². The molecule has 29 heavy (non-hydrogen) atoms. The first-order valence-electron chi connectivity index (χ1n) is 9.29. The number of benzene rings is 2. The highest BCUT2D eigenvalue weighted by Crippen LogP contribution is 2.18. The van der Waals surface area contributed by atoms with E-state index in [0.29, 0.717) is 5.69 Å². The Morgan fingerprint density at radius 3 is 2.34 bits per heavy atom. The minimum absolute atomic E-state index is 0.0105. The molecule has 0 spiro atoms. The number of nitrogens with one attached hydrogen (secondary N) is 1. The maximum absolute atomic E-state index is 12.6. The van der Waals surface area contributed by atoms with E-state index in [4.69, 9.17) is 4.74 Å². The van der Waals surface area contributed by atoms with Gasteiger partial charge in [-0.1, -0.05) is 25.1 Å². The monoisotopic (exact) mass is 418 g/mol. The Morgan fingerprint density at radius 2 is 1.76 bits per heavy atom. The van der Waals surface area contributed by atoms with Gasteiger partial charge in [-0.2, -0.15) is 4.31 Å². The van der Waals surface area contributed by atoms with Gasteiger partial charge in [-0.25, -0.2) is 13.2 Å². The van der Waals surface area contributed by atoms with Crippen LogP contribution in [0.25, 0.3) is 0 Å². The number of hydrogen-bond donors (Lipinski definition) is 1. The number of hydrogen-bond acceptors (Lipinski definition) is 5. The van der Waals surface area contributed by atoms with E-state index >= 15 is 0 Å². The quantitative estimate of drug-likeness (QED) is 0.665. The zero-order valence-corrected chi connectivity index (χ0v) is 17.8. The summed E-state index contributed by atoms with van der Waals surface area (Å²) in [5.41, 5.74) is 1.81. The third-order valence-electron chi connectivity index (χ3n) is 4.45. The Kier molecular flexibility index (Phi) is 7.53. The molecule has 0 unspecified atom stereocenters. The Balaban J connectivity index is 2.01. The van der Waals surface area contributed by atoms with Gasteiger partial charge in [-0.3, -0.25) is 4.79 Å². The van der Waals surface area contributed by atoms with Gasteiger partial charge >= 0.3 is 5.97 Å². The molecule has 0 aliphatic heterocycles. The molecule has 1 N–H and O–H groups in total. The second-order valence-electron chi connectivity index (χ2n) is 6.82. The molecule has 0 radical (unpaired) electrons. The van der Waals surface area contributed by atoms with Crippen LogP contribution in [-0.2, 0) is 26.0 Å². The van der Waals surface area contributed by atoms with E-state index in [0.717, 1.165) is 12.0 Å². The second-order valence-corrected chi connectivity index (χ2v) is 8.82. The number of aryl methyl sites for hydroxylation is 1. The predicted octanol–water partition coefficient (Wildman–Crippen LogP) is 3.07. The molecule has 0 bridgehead atoms. The summed E-state index contributed by atoms with van der Waals surface area (Å²) in [6, 6.07) is 12.7. The Labute approximate surface area is 171 Å². The molecule has 7 nitrogen and oxygen atoms in total. The first-order chi connectivity index (χ1) is 13.6. The average Bonchev–Trinajstić information content (AvgIpc) is 2.72. The average molecular weight is 419 g/mol. The first kappa shape index (κ1) is 22.6. The van der Waals surface area contributed by atoms with Crippen LogP contribution >= 0.6 is 0 Å². The number of sulfonamides is 1. The van der Waals surface area contributed by atoms with Gasteiger partial charge in [0.1, 0.15) is 0 Å². The first-order valence-corrected chi connectivity index (χ1v) is 10.7. The fourth-order valence-corrected chi connectivity index (χ4v) is 3.88. The summed E-state index contributed by atoms with van der Waals surface area (Å²) in [5.74, 6) is -1.25. The van der Waals surface area contributed by atoms with Crippen molar-refractivity contribution in [2.75, 3.05) is 19.0 Å². The highest BCUT2D eigenvalue weighted by Gasteiger charge is 2.24. The van der Waals surface area contributed by atoms with Gasteiger partial charge < -0.3 is 10.1 Å². The topological polar surface area (TPSA) is 92.8 Å². The van der Waals surface area contributed by atoms with Crippen LogP contribution in [0.3, 0.4) is 0 Å². The number of carbonyl (C=O) groups excluding carboxylic acids is 2. The maximum atomic E-state index is 12.6. The molecular weight excluding hydrogens is 392 g/mol. The highest BCUT2D eigenvalue weighted by atomic mass is 32.2. The van der Waals surface area contributed by atoms with Gasteiger partial charge in [0.25, 0.3) is 5.91 Å². The maximum Gasteiger partial charge on any atom is 0.338 e. The summed E-state index contributed by atoms with van der Waals surface area (Å²) < 4.78 is 31.4. The number of amides is 1. The Bertz CT molecular complexity index is 969. The molecule has 0 aliphatic carbocycles. The largest absolute Gasteiger partial charge is 0.452 e. The third kappa shape index (κ3) is 5.88. The SMILES string of the molecule is CCc1ccc(NC(=O)COC(=O)c2cccc(S(=O)(=O)N(C)C(C)C)c2)cc1. The molecule has 2 rings (SSSR count). The van der Waals surface area contributed by atoms with Crippen LogP contribution in [0.5, 0.6) is 0 Å². The number of anilines is 1. The van der Waals surface area contributed by atoms with Crippen LogP contribution < -0.4 is 5.32 Å². The van der Waals surface area contributed by atoms with Gasteiger partial charge in [-0.15, -0.1) is 0 Å². The molecule has 0 heterocycles. The van der Waals surface area contributed by atoms with Crippen LogP contribution in [0.15, 0.2) is 53.4 Å². The van der Waals surface area contributed by atoms with Crippen LogP contribution in [0.2, 0.25) is 0 Å². The predicted molar refractivity (Wildman–Crippen MR) is 111 cm³/mol. The molecule has 0 aromatic heterocycles. The number of nitrogens with zero attached hydrogens (tertiary/aromatic N) is 1. The van der Waals surface area contributed by atoms with Crippen molar-refractivity contribution in [1.29, 1.82) is 0 Å². The molecule has 8 heteroatoms. The van der Waals surface area contributed by atoms with Gasteiger partial charge in [-0.05, 0) is 56.2 Å². The molecule has 0 aliphatic rings. The summed E-state index contributed by atoms with van der Waals surface area (Å²) in [5, 5.41) is 2.64. The summed E-state index contributed by atoms with van der Waals surface area (Å²) in [6.45, 7) is 5.07. The van der Waals surface area contributed by atoms with Crippen molar-refractivity contribution in [3.05, 3.63) is 59.7 Å². The molecule has 0 saturated carbocycles. The second kappa shape index (κ2) is 9.67. The van der Waals surface area contributed by atoms with E-state index in [1.54, 1.807) is 26.0 Å². The fourth-order valence-electron chi connectivity index (χ4n) is 2.46. The van der Waals surface area contributed by atoms with Gasteiger partial charge in [0.05, 0.1) is 10.5 Å². The van der Waals surface area contributed by atoms with Crippen LogP contribution in [0.1, 0.15) is 36.7 Å². The van der Waals surface area contributed by atoms with Crippen LogP contribution in [-0.4, -0.2) is 44.3 Å². The smallest absolute Gasteiger partial charge is 0.338 e. The molecule has 156 valence electrons. The summed E-state index contributed by atoms with van der Waals surface area (Å²) >= 11 is 0. The van der Waals surface area contributed by atoms with Crippen molar-refractivity contribution in [2.24, 2.45) is 0 Å². The van der Waals surface area contributed by atoms with Gasteiger partial charge in [0, 0.05) is 18.8 Å². The van der Waals surface area contributed by atoms with Crippen LogP contribution in [0, 0.1) is 0 Å². The molecular formula is C21H26N2O5S. The van der Waals surface area contributed by atoms with E-state index in [9.17, 15) is 18.0 Å². The van der Waals surface area contributed by atoms with Gasteiger partial charge in [0.15, 0.2) is 6.61 Å². The molecule has 0 saturated heterocycles. The molecule has 0 fully saturated rings. The lowest BCUT2D eigenvalue weighted by molar-refractivity contribution is -0.119. The Hall–Kier alpha value is -2.71. The summed E-state index contributed by atoms with van der Waals surface area (Å²) in [6.07, 6.45) is 0.896. The molecule has 1 amide bonds. The zero-order chi connectivity index (χ0) is 21.6. The standard InChI is InChI=1S/C21H26N2O5S/c1-5-16-9-11-18(12-10-16)22-20(24)14-28-21(25)17-7-6-8-19(13-17)29(26,27)23(4)15(2)3/h6-13,15H,5,14H2,1-4H3,(H,22,24). The fraction of sp³-hybridized carbons (Fsp3) is 0.333. The third-order valence-corrected chi connectivity index (χ3v) is 6.48. The number of carbonyl (C=O) groups is 2. The lowest BCUT2D eigenvalue weighted by Gasteiger charge is -2.21. The van der Waals surface area contributed by atoms with Crippen molar-refractivity contribution < 1.29 is 22.7 Å². The van der Waals surface area contributed by atoms with Crippen molar-refractivity contribution in [2.45, 2.75) is 38.1 Å². The normalized spacial score (nSPS) is 11.5. The number of rotatable bonds is 8. The Morgan fingerprint density at radius 1 is 1.10 bits per heavy atom. The van der Waals surface area contributed by atoms with Gasteiger partial charge in [0.2, 0.25) is 10.0 Å². The summed E-state index contributed by atoms with van der Waals surface area (Å²) in [7, 11) is -2.25. The number of esters is 1. The van der Waals surface area contributed by atoms with Crippen molar-refractivity contribution in [3.63, 3.8) is 0 Å². The van der Waals surface area contributed by atoms with E-state index in [1.165, 1.54) is 35.6 Å².